The van der Waals surface area contributed by atoms with E-state index in [0.717, 1.165) is 59.5 Å². The van der Waals surface area contributed by atoms with Crippen LogP contribution in [-0.4, -0.2) is 202 Å². The van der Waals surface area contributed by atoms with Gasteiger partial charge in [0, 0.05) is 68.9 Å². The van der Waals surface area contributed by atoms with Gasteiger partial charge in [-0.3, -0.25) is 0 Å². The number of halogens is 12. The summed E-state index contributed by atoms with van der Waals surface area (Å²) in [5, 5.41) is 111. The molecule has 0 fully saturated rings. The number of aliphatic hydroxyl groups is 8. The number of aliphatic hydroxyl groups excluding tert-OH is 8. The van der Waals surface area contributed by atoms with E-state index in [9.17, 15) is 40.9 Å². The first-order valence-corrected chi connectivity index (χ1v) is 55.7. The van der Waals surface area contributed by atoms with Crippen LogP contribution in [0.15, 0.2) is 170 Å². The van der Waals surface area contributed by atoms with Crippen molar-refractivity contribution in [2.45, 2.75) is 182 Å². The normalized spacial score (nSPS) is 13.5. The third-order valence-electron chi connectivity index (χ3n) is 23.1. The van der Waals surface area contributed by atoms with Gasteiger partial charge in [0.1, 0.15) is 112 Å². The number of hydrogen-bond donors (Lipinski definition) is 8. The molecule has 8 atom stereocenters. The zero-order chi connectivity index (χ0) is 102. The molecule has 0 amide bonds. The third kappa shape index (κ3) is 34.8. The van der Waals surface area contributed by atoms with Gasteiger partial charge in [-0.15, -0.1) is 66.8 Å². The lowest BCUT2D eigenvalue weighted by Gasteiger charge is -2.27. The number of hydrogen-bond acceptors (Lipinski definition) is 24. The summed E-state index contributed by atoms with van der Waals surface area (Å²) in [6.45, 7) is 28.6. The molecule has 0 bridgehead atoms. The molecule has 4 heterocycles. The van der Waals surface area contributed by atoms with Crippen molar-refractivity contribution in [3.8, 4) is 46.0 Å². The van der Waals surface area contributed by atoms with Gasteiger partial charge in [0.05, 0.1) is 116 Å². The molecule has 4 aromatic heterocycles. The minimum atomic E-state index is -0.788. The monoisotopic (exact) mass is 2880 g/mol. The largest absolute Gasteiger partial charge is 0.492 e. The minimum absolute atomic E-state index is 0.103. The first-order valence-electron chi connectivity index (χ1n) is 45.0. The van der Waals surface area contributed by atoms with Crippen LogP contribution in [0, 0.1) is 52.8 Å². The highest BCUT2D eigenvalue weighted by molar-refractivity contribution is 14.1. The molecule has 760 valence electrons. The predicted molar refractivity (Wildman–Crippen MR) is 613 cm³/mol. The van der Waals surface area contributed by atoms with Gasteiger partial charge < -0.3 is 78.7 Å². The molecule has 0 spiro atoms. The van der Waals surface area contributed by atoms with E-state index in [2.05, 4.69) is 263 Å². The zero-order valence-electron chi connectivity index (χ0n) is 79.7. The molecule has 0 aliphatic carbocycles. The summed E-state index contributed by atoms with van der Waals surface area (Å²) in [4.78, 5) is 0. The maximum Gasteiger partial charge on any atom is 0.149 e. The number of ether oxygens (including phenoxy) is 8. The van der Waals surface area contributed by atoms with E-state index in [0.29, 0.717) is 134 Å². The molecule has 0 aliphatic heterocycles. The van der Waals surface area contributed by atoms with Crippen molar-refractivity contribution in [3.63, 3.8) is 0 Å². The molecule has 28 nitrogen and oxygen atoms in total. The van der Waals surface area contributed by atoms with Crippen molar-refractivity contribution in [3.05, 3.63) is 266 Å². The molecule has 0 radical (unpaired) electrons. The molecule has 2 unspecified atom stereocenters. The minimum Gasteiger partial charge on any atom is -0.492 e. The van der Waals surface area contributed by atoms with Gasteiger partial charge in [0.25, 0.3) is 0 Å². The van der Waals surface area contributed by atoms with E-state index >= 15 is 0 Å². The first-order chi connectivity index (χ1) is 66.6. The average Bonchev–Trinajstić information content (AvgIpc) is 1.55. The van der Waals surface area contributed by atoms with E-state index in [4.69, 9.17) is 84.3 Å². The second-order valence-electron chi connectivity index (χ2n) is 36.0. The lowest BCUT2D eigenvalue weighted by molar-refractivity contribution is 0.0865. The Hall–Kier alpha value is -4.60. The Morgan fingerprint density at radius 3 is 0.607 bits per heavy atom. The smallest absolute Gasteiger partial charge is 0.149 e. The van der Waals surface area contributed by atoms with Gasteiger partial charge in [-0.2, -0.15) is 0 Å². The summed E-state index contributed by atoms with van der Waals surface area (Å²) in [7, 11) is 0. The van der Waals surface area contributed by atoms with Gasteiger partial charge in [0.15, 0.2) is 0 Å². The Labute approximate surface area is 948 Å². The zero-order valence-corrected chi connectivity index (χ0v) is 100.0. The van der Waals surface area contributed by atoms with Gasteiger partial charge >= 0.3 is 0 Å². The topological polar surface area (TPSA) is 359 Å². The van der Waals surface area contributed by atoms with Crippen LogP contribution >= 0.6 is 227 Å². The molecule has 8 N–H and O–H groups in total. The lowest BCUT2D eigenvalue weighted by atomic mass is 9.78. The highest BCUT2D eigenvalue weighted by Crippen LogP contribution is 2.41. The van der Waals surface area contributed by atoms with Crippen molar-refractivity contribution in [2.75, 3.05) is 76.4 Å². The maximum atomic E-state index is 10.3. The summed E-state index contributed by atoms with van der Waals surface area (Å²) in [5.41, 5.74) is 10.8. The highest BCUT2D eigenvalue weighted by atomic mass is 127. The third-order valence-corrected chi connectivity index (χ3v) is 32.0. The number of alkyl halides is 4. The van der Waals surface area contributed by atoms with Gasteiger partial charge in [-0.1, -0.05) is 177 Å². The van der Waals surface area contributed by atoms with Crippen molar-refractivity contribution in [2.24, 2.45) is 23.7 Å². The standard InChI is InChI=1S/4C25H30ClI2N3O4/c4*1-16(11-26)14-35-23-9-6-18(10-21(23)27)25(2,3)17-4-7-20(8-5-17)34-15-19(33)12-31-22(13-32)24(28)29-30-31/h4*4-10,16,19,32-33H,11-15H2,1-3H3/t16-,19+;2*16-,19-;/m010./s1/i4*27-4. The fourth-order valence-corrected chi connectivity index (χ4v) is 19.1. The highest BCUT2D eigenvalue weighted by Gasteiger charge is 2.31. The second kappa shape index (κ2) is 57.8. The summed E-state index contributed by atoms with van der Waals surface area (Å²) in [5.74, 6) is 9.68. The van der Waals surface area contributed by atoms with Crippen LogP contribution in [0.1, 0.15) is 150 Å². The van der Waals surface area contributed by atoms with E-state index in [1.807, 2.05) is 212 Å². The Bertz CT molecular complexity index is 5140. The molecular formula is C100H120Cl4I8N12O16. The second-order valence-corrected chi connectivity index (χ2v) is 46.0. The van der Waals surface area contributed by atoms with E-state index < -0.39 is 24.4 Å². The maximum absolute atomic E-state index is 10.3. The van der Waals surface area contributed by atoms with E-state index in [-0.39, 0.29) is 101 Å². The summed E-state index contributed by atoms with van der Waals surface area (Å²) in [6.07, 6.45) is -3.15. The van der Waals surface area contributed by atoms with E-state index in [1.54, 1.807) is 0 Å². The van der Waals surface area contributed by atoms with Crippen LogP contribution in [0.2, 0.25) is 0 Å². The predicted octanol–water partition coefficient (Wildman–Crippen LogP) is 20.0. The molecule has 12 aromatic rings. The van der Waals surface area contributed by atoms with Crippen LogP contribution in [0.4, 0.5) is 0 Å². The summed E-state index contributed by atoms with van der Waals surface area (Å²) >= 11 is 40.8. The number of benzene rings is 8. The number of rotatable bonds is 48. The summed E-state index contributed by atoms with van der Waals surface area (Å²) < 4.78 is 59.6. The average molecular weight is 2890 g/mol. The Kier molecular flexibility index (Phi) is 49.1. The molecule has 40 heteroatoms. The van der Waals surface area contributed by atoms with Crippen molar-refractivity contribution < 1.29 is 78.7 Å². The Morgan fingerprint density at radius 2 is 0.450 bits per heavy atom. The van der Waals surface area contributed by atoms with Crippen LogP contribution in [0.5, 0.6) is 46.0 Å². The van der Waals surface area contributed by atoms with Crippen LogP contribution in [0.25, 0.3) is 0 Å². The quantitative estimate of drug-likeness (QED) is 0.0130. The Balaban J connectivity index is 0.000000209. The van der Waals surface area contributed by atoms with Gasteiger partial charge in [-0.25, -0.2) is 18.7 Å². The van der Waals surface area contributed by atoms with Crippen LogP contribution < -0.4 is 37.9 Å². The Morgan fingerprint density at radius 1 is 0.279 bits per heavy atom. The molecule has 8 aromatic carbocycles. The number of aromatic nitrogens is 12. The van der Waals surface area contributed by atoms with E-state index in [1.165, 1.54) is 41.0 Å². The fraction of sp³-hybridized carbons (Fsp3) is 0.440. The van der Waals surface area contributed by atoms with Crippen molar-refractivity contribution in [1.82, 2.24) is 60.0 Å². The fourth-order valence-electron chi connectivity index (χ4n) is 13.9. The molecule has 12 rings (SSSR count). The molecule has 0 aliphatic rings. The first kappa shape index (κ1) is 119. The van der Waals surface area contributed by atoms with Gasteiger partial charge in [0.2, 0.25) is 0 Å². The molecule has 140 heavy (non-hydrogen) atoms. The van der Waals surface area contributed by atoms with Gasteiger partial charge in [-0.05, 0) is 322 Å². The molecule has 0 saturated heterocycles. The summed E-state index contributed by atoms with van der Waals surface area (Å²) in [6, 6.07) is 56.9. The number of nitrogens with zero attached hydrogens (tertiary/aromatic N) is 12. The van der Waals surface area contributed by atoms with Crippen molar-refractivity contribution in [1.29, 1.82) is 0 Å². The SMILES string of the molecule is CC(CCl)COc1ccc(C(C)(C)c2ccc(OCC(O)Cn3nnc(I)c3CO)cc2)cc1[123I].C[C@@H](CCl)COc1ccc(C(C)(C)c2ccc(OC[C@@H](O)Cn3nnc(I)c3CO)cc2)cc1[123I].C[C@@H](CCl)COc1ccc(C(C)(C)c2ccc(OC[C@H](O)Cn3nnc(I)c3CO)cc2)cc1[123I].C[C@H](CCl)COc1ccc(C(C)(C)c2ccc(OC[C@H](O)Cn3nnc(I)c3CO)cc2)cc1[123I]. The van der Waals surface area contributed by atoms with Crippen LogP contribution in [-0.2, 0) is 74.3 Å². The van der Waals surface area contributed by atoms with Crippen molar-refractivity contribution >= 4 is 227 Å². The molecule has 0 saturated carbocycles. The molecular weight excluding hydrogens is 2770 g/mol. The van der Waals surface area contributed by atoms with Crippen LogP contribution in [0.3, 0.4) is 0 Å². The lowest BCUT2D eigenvalue weighted by Crippen LogP contribution is -2.25.